The van der Waals surface area contributed by atoms with Gasteiger partial charge in [0, 0.05) is 6.07 Å². The molecule has 7 heteroatoms. The summed E-state index contributed by atoms with van der Waals surface area (Å²) in [7, 11) is 0. The normalized spacial score (nSPS) is 11.7. The molecule has 0 aliphatic rings. The molecule has 1 aromatic heterocycles. The first-order chi connectivity index (χ1) is 10.5. The van der Waals surface area contributed by atoms with E-state index in [-0.39, 0.29) is 24.1 Å². The molecule has 0 aliphatic heterocycles. The van der Waals surface area contributed by atoms with Crippen molar-refractivity contribution in [3.63, 3.8) is 0 Å². The van der Waals surface area contributed by atoms with Gasteiger partial charge in [0.15, 0.2) is 12.4 Å². The van der Waals surface area contributed by atoms with E-state index in [2.05, 4.69) is 5.32 Å². The zero-order chi connectivity index (χ0) is 16.1. The number of carbonyl (C=O) groups is 1. The van der Waals surface area contributed by atoms with Gasteiger partial charge in [-0.25, -0.2) is 0 Å². The van der Waals surface area contributed by atoms with Gasteiger partial charge in [0.05, 0.1) is 17.2 Å². The van der Waals surface area contributed by atoms with Gasteiger partial charge in [0.1, 0.15) is 5.76 Å². The molecule has 22 heavy (non-hydrogen) atoms. The molecule has 1 heterocycles. The number of nitro groups is 1. The maximum Gasteiger partial charge on any atom is 0.311 e. The van der Waals surface area contributed by atoms with Crippen LogP contribution in [0.25, 0.3) is 0 Å². The lowest BCUT2D eigenvalue weighted by Gasteiger charge is -2.12. The maximum absolute atomic E-state index is 11.8. The highest BCUT2D eigenvalue weighted by Gasteiger charge is 2.17. The Hall–Kier alpha value is -2.83. The van der Waals surface area contributed by atoms with Gasteiger partial charge in [0.2, 0.25) is 0 Å². The number of carbonyl (C=O) groups excluding carboxylic acids is 1. The third-order valence-electron chi connectivity index (χ3n) is 3.02. The molecule has 2 rings (SSSR count). The van der Waals surface area contributed by atoms with Gasteiger partial charge in [-0.1, -0.05) is 6.07 Å². The van der Waals surface area contributed by atoms with E-state index in [1.165, 1.54) is 18.4 Å². The Bertz CT molecular complexity index is 667. The van der Waals surface area contributed by atoms with Crippen molar-refractivity contribution in [3.05, 3.63) is 58.0 Å². The first kappa shape index (κ1) is 15.6. The molecule has 1 N–H and O–H groups in total. The minimum absolute atomic E-state index is 0.0661. The maximum atomic E-state index is 11.8. The smallest absolute Gasteiger partial charge is 0.311 e. The molecule has 0 fully saturated rings. The van der Waals surface area contributed by atoms with Gasteiger partial charge >= 0.3 is 5.69 Å². The fraction of sp³-hybridized carbons (Fsp3) is 0.267. The SMILES string of the molecule is Cc1ccc(OCC(=O)N[C@@H](C)c2ccco2)c([N+](=O)[O-])c1. The van der Waals surface area contributed by atoms with Crippen LogP contribution in [0.4, 0.5) is 5.69 Å². The van der Waals surface area contributed by atoms with Gasteiger partial charge in [-0.15, -0.1) is 0 Å². The largest absolute Gasteiger partial charge is 0.477 e. The molecule has 2 aromatic rings. The molecule has 0 unspecified atom stereocenters. The Labute approximate surface area is 127 Å². The van der Waals surface area contributed by atoms with Crippen molar-refractivity contribution < 1.29 is 18.9 Å². The number of aryl methyl sites for hydroxylation is 1. The number of nitrogens with zero attached hydrogens (tertiary/aromatic N) is 1. The van der Waals surface area contributed by atoms with E-state index < -0.39 is 10.8 Å². The molecule has 0 saturated heterocycles. The van der Waals surface area contributed by atoms with E-state index in [4.69, 9.17) is 9.15 Å². The molecule has 116 valence electrons. The molecule has 7 nitrogen and oxygen atoms in total. The highest BCUT2D eigenvalue weighted by molar-refractivity contribution is 5.78. The zero-order valence-corrected chi connectivity index (χ0v) is 12.2. The van der Waals surface area contributed by atoms with Gasteiger partial charge < -0.3 is 14.5 Å². The topological polar surface area (TPSA) is 94.6 Å². The van der Waals surface area contributed by atoms with Crippen molar-refractivity contribution in [2.24, 2.45) is 0 Å². The molecule has 0 bridgehead atoms. The van der Waals surface area contributed by atoms with E-state index in [1.807, 2.05) is 0 Å². The number of hydrogen-bond acceptors (Lipinski definition) is 5. The fourth-order valence-corrected chi connectivity index (χ4v) is 1.93. The van der Waals surface area contributed by atoms with E-state index in [0.717, 1.165) is 5.56 Å². The van der Waals surface area contributed by atoms with Crippen LogP contribution in [-0.2, 0) is 4.79 Å². The van der Waals surface area contributed by atoms with Gasteiger partial charge in [-0.3, -0.25) is 14.9 Å². The van der Waals surface area contributed by atoms with Crippen molar-refractivity contribution in [2.45, 2.75) is 19.9 Å². The lowest BCUT2D eigenvalue weighted by molar-refractivity contribution is -0.385. The van der Waals surface area contributed by atoms with Crippen molar-refractivity contribution >= 4 is 11.6 Å². The summed E-state index contributed by atoms with van der Waals surface area (Å²) in [6, 6.07) is 7.74. The van der Waals surface area contributed by atoms with Crippen LogP contribution in [0.2, 0.25) is 0 Å². The Morgan fingerprint density at radius 1 is 1.45 bits per heavy atom. The van der Waals surface area contributed by atoms with Crippen molar-refractivity contribution in [3.8, 4) is 5.75 Å². The number of ether oxygens (including phenoxy) is 1. The van der Waals surface area contributed by atoms with Crippen LogP contribution in [-0.4, -0.2) is 17.4 Å². The third-order valence-corrected chi connectivity index (χ3v) is 3.02. The summed E-state index contributed by atoms with van der Waals surface area (Å²) in [5.74, 6) is 0.296. The molecule has 1 amide bonds. The van der Waals surface area contributed by atoms with Crippen molar-refractivity contribution in [2.75, 3.05) is 6.61 Å². The number of hydrogen-bond donors (Lipinski definition) is 1. The standard InChI is InChI=1S/C15H16N2O5/c1-10-5-6-14(12(8-10)17(19)20)22-9-15(18)16-11(2)13-4-3-7-21-13/h3-8,11H,9H2,1-2H3,(H,16,18)/t11-/m0/s1. The van der Waals surface area contributed by atoms with Crippen LogP contribution in [0.5, 0.6) is 5.75 Å². The summed E-state index contributed by atoms with van der Waals surface area (Å²) in [5.41, 5.74) is 0.585. The number of amides is 1. The molecule has 0 aliphatic carbocycles. The zero-order valence-electron chi connectivity index (χ0n) is 12.2. The molecular formula is C15H16N2O5. The molecule has 0 saturated carbocycles. The quantitative estimate of drug-likeness (QED) is 0.654. The molecule has 0 radical (unpaired) electrons. The monoisotopic (exact) mass is 304 g/mol. The summed E-state index contributed by atoms with van der Waals surface area (Å²) < 4.78 is 10.4. The first-order valence-electron chi connectivity index (χ1n) is 6.68. The third kappa shape index (κ3) is 3.85. The summed E-state index contributed by atoms with van der Waals surface area (Å²) in [4.78, 5) is 22.3. The lowest BCUT2D eigenvalue weighted by atomic mass is 10.2. The molecule has 1 atom stereocenters. The minimum atomic E-state index is -0.536. The van der Waals surface area contributed by atoms with Crippen LogP contribution in [0, 0.1) is 17.0 Å². The van der Waals surface area contributed by atoms with Crippen molar-refractivity contribution in [1.29, 1.82) is 0 Å². The molecule has 1 aromatic carbocycles. The average Bonchev–Trinajstić information content (AvgIpc) is 3.00. The predicted octanol–water partition coefficient (Wildman–Crippen LogP) is 2.75. The summed E-state index contributed by atoms with van der Waals surface area (Å²) in [5, 5.41) is 13.6. The number of nitro benzene ring substituents is 1. The highest BCUT2D eigenvalue weighted by atomic mass is 16.6. The van der Waals surface area contributed by atoms with E-state index in [0.29, 0.717) is 5.76 Å². The number of rotatable bonds is 6. The summed E-state index contributed by atoms with van der Waals surface area (Å²) in [6.45, 7) is 3.20. The fourth-order valence-electron chi connectivity index (χ4n) is 1.93. The van der Waals surface area contributed by atoms with Gasteiger partial charge in [-0.2, -0.15) is 0 Å². The second-order valence-electron chi connectivity index (χ2n) is 4.82. The van der Waals surface area contributed by atoms with E-state index in [9.17, 15) is 14.9 Å². The highest BCUT2D eigenvalue weighted by Crippen LogP contribution is 2.27. The summed E-state index contributed by atoms with van der Waals surface area (Å²) in [6.07, 6.45) is 1.52. The Balaban J connectivity index is 1.95. The van der Waals surface area contributed by atoms with Crippen LogP contribution in [0.3, 0.4) is 0 Å². The average molecular weight is 304 g/mol. The molecule has 0 spiro atoms. The lowest BCUT2D eigenvalue weighted by Crippen LogP contribution is -2.31. The minimum Gasteiger partial charge on any atom is -0.477 e. The summed E-state index contributed by atoms with van der Waals surface area (Å²) >= 11 is 0. The number of benzene rings is 1. The Kier molecular flexibility index (Phi) is 4.77. The number of nitrogens with one attached hydrogen (secondary N) is 1. The van der Waals surface area contributed by atoms with Gasteiger partial charge in [0.25, 0.3) is 5.91 Å². The van der Waals surface area contributed by atoms with Crippen LogP contribution in [0.1, 0.15) is 24.3 Å². The van der Waals surface area contributed by atoms with Crippen LogP contribution in [0.15, 0.2) is 41.0 Å². The second-order valence-corrected chi connectivity index (χ2v) is 4.82. The predicted molar refractivity (Wildman–Crippen MR) is 78.6 cm³/mol. The number of furan rings is 1. The van der Waals surface area contributed by atoms with Gasteiger partial charge in [-0.05, 0) is 37.6 Å². The Morgan fingerprint density at radius 2 is 2.23 bits per heavy atom. The first-order valence-corrected chi connectivity index (χ1v) is 6.68. The van der Waals surface area contributed by atoms with E-state index in [1.54, 1.807) is 32.0 Å². The van der Waals surface area contributed by atoms with E-state index >= 15 is 0 Å². The Morgan fingerprint density at radius 3 is 2.86 bits per heavy atom. The van der Waals surface area contributed by atoms with Crippen molar-refractivity contribution in [1.82, 2.24) is 5.32 Å². The van der Waals surface area contributed by atoms with Crippen LogP contribution < -0.4 is 10.1 Å². The van der Waals surface area contributed by atoms with Crippen LogP contribution >= 0.6 is 0 Å². The molecular weight excluding hydrogens is 288 g/mol. The second kappa shape index (κ2) is 6.75.